The number of ether oxygens (including phenoxy) is 2. The number of hydrogen-bond donors (Lipinski definition) is 1. The number of rotatable bonds is 9. The van der Waals surface area contributed by atoms with Crippen LogP contribution >= 0.6 is 0 Å². The van der Waals surface area contributed by atoms with Crippen molar-refractivity contribution < 1.29 is 23.6 Å². The Balaban J connectivity index is 1.60. The lowest BCUT2D eigenvalue weighted by Crippen LogP contribution is -2.25. The number of aryl methyl sites for hydroxylation is 2. The maximum Gasteiger partial charge on any atom is 0.278 e. The van der Waals surface area contributed by atoms with E-state index < -0.39 is 17.4 Å². The highest BCUT2D eigenvalue weighted by atomic mass is 16.6. The number of nitrogens with zero attached hydrogens (tertiary/aromatic N) is 4. The Kier molecular flexibility index (Phi) is 7.68. The van der Waals surface area contributed by atoms with Crippen molar-refractivity contribution in [1.29, 1.82) is 5.26 Å². The molecule has 11 heteroatoms. The lowest BCUT2D eigenvalue weighted by Gasteiger charge is -2.10. The van der Waals surface area contributed by atoms with Crippen LogP contribution in [0, 0.1) is 35.3 Å². The highest BCUT2D eigenvalue weighted by molar-refractivity contribution is 5.82. The van der Waals surface area contributed by atoms with E-state index >= 15 is 0 Å². The highest BCUT2D eigenvalue weighted by Crippen LogP contribution is 2.28. The quantitative estimate of drug-likeness (QED) is 0.288. The monoisotopic (exact) mass is 463 g/mol. The zero-order valence-corrected chi connectivity index (χ0v) is 18.7. The molecule has 0 saturated heterocycles. The third-order valence-electron chi connectivity index (χ3n) is 4.64. The largest absolute Gasteiger partial charge is 0.467 e. The molecule has 11 nitrogen and oxygen atoms in total. The number of methoxy groups -OCH3 is 1. The molecular formula is C23H21N5O6. The van der Waals surface area contributed by atoms with E-state index in [4.69, 9.17) is 13.9 Å². The van der Waals surface area contributed by atoms with Crippen molar-refractivity contribution in [3.05, 3.63) is 74.7 Å². The van der Waals surface area contributed by atoms with Gasteiger partial charge in [0.05, 0.1) is 17.7 Å². The Labute approximate surface area is 194 Å². The number of non-ortho nitro benzene ring substituents is 1. The molecule has 0 spiro atoms. The number of aromatic nitrogens is 1. The second-order valence-electron chi connectivity index (χ2n) is 7.19. The average molecular weight is 463 g/mol. The van der Waals surface area contributed by atoms with Gasteiger partial charge in [-0.15, -0.1) is 0 Å². The van der Waals surface area contributed by atoms with Gasteiger partial charge in [-0.3, -0.25) is 14.9 Å². The summed E-state index contributed by atoms with van der Waals surface area (Å²) in [5, 5.41) is 24.1. The molecule has 174 valence electrons. The number of nitriles is 1. The normalized spacial score (nSPS) is 10.8. The first-order valence-electron chi connectivity index (χ1n) is 10.0. The summed E-state index contributed by atoms with van der Waals surface area (Å²) in [7, 11) is 1.51. The van der Waals surface area contributed by atoms with Crippen LogP contribution in [0.25, 0.3) is 11.3 Å². The summed E-state index contributed by atoms with van der Waals surface area (Å²) in [6.07, 6.45) is 1.31. The number of nitro benzene ring substituents is 1. The standard InChI is InChI=1S/C23H21N5O6/c1-14-8-17(28(30)31)4-6-19(14)21-7-5-18(34-21)11-25-27-22(29)13-33-23-20(10-24)16(12-32-3)9-15(2)26-23/h4-9,11H,12-13H2,1-3H3,(H,27,29). The minimum atomic E-state index is -0.560. The summed E-state index contributed by atoms with van der Waals surface area (Å²) in [4.78, 5) is 26.7. The summed E-state index contributed by atoms with van der Waals surface area (Å²) in [6.45, 7) is 3.30. The molecule has 2 heterocycles. The van der Waals surface area contributed by atoms with E-state index in [-0.39, 0.29) is 23.7 Å². The number of benzene rings is 1. The van der Waals surface area contributed by atoms with Crippen molar-refractivity contribution in [1.82, 2.24) is 10.4 Å². The first kappa shape index (κ1) is 24.1. The molecule has 0 radical (unpaired) electrons. The van der Waals surface area contributed by atoms with Gasteiger partial charge in [0.15, 0.2) is 6.61 Å². The zero-order valence-electron chi connectivity index (χ0n) is 18.7. The summed E-state index contributed by atoms with van der Waals surface area (Å²) >= 11 is 0. The minimum absolute atomic E-state index is 0.00259. The van der Waals surface area contributed by atoms with Crippen molar-refractivity contribution in [2.45, 2.75) is 20.5 Å². The molecule has 2 aromatic heterocycles. The molecule has 0 saturated carbocycles. The van der Waals surface area contributed by atoms with Crippen LogP contribution in [0.4, 0.5) is 5.69 Å². The third kappa shape index (κ3) is 5.81. The maximum atomic E-state index is 12.1. The lowest BCUT2D eigenvalue weighted by molar-refractivity contribution is -0.384. The molecule has 1 amide bonds. The van der Waals surface area contributed by atoms with Gasteiger partial charge < -0.3 is 13.9 Å². The molecule has 0 aliphatic heterocycles. The van der Waals surface area contributed by atoms with E-state index in [0.717, 1.165) is 0 Å². The van der Waals surface area contributed by atoms with Gasteiger partial charge in [0.2, 0.25) is 5.88 Å². The van der Waals surface area contributed by atoms with Gasteiger partial charge in [0.25, 0.3) is 11.6 Å². The van der Waals surface area contributed by atoms with Crippen LogP contribution in [0.3, 0.4) is 0 Å². The Hall–Kier alpha value is -4.56. The van der Waals surface area contributed by atoms with Gasteiger partial charge >= 0.3 is 0 Å². The molecule has 0 unspecified atom stereocenters. The second kappa shape index (κ2) is 10.8. The fraction of sp³-hybridized carbons (Fsp3) is 0.217. The minimum Gasteiger partial charge on any atom is -0.467 e. The van der Waals surface area contributed by atoms with Crippen LogP contribution in [-0.4, -0.2) is 35.7 Å². The number of hydrazone groups is 1. The molecule has 34 heavy (non-hydrogen) atoms. The van der Waals surface area contributed by atoms with Crippen molar-refractivity contribution in [2.24, 2.45) is 5.10 Å². The van der Waals surface area contributed by atoms with Gasteiger partial charge in [-0.1, -0.05) is 0 Å². The van der Waals surface area contributed by atoms with Gasteiger partial charge in [-0.05, 0) is 43.7 Å². The number of carbonyl (C=O) groups is 1. The number of amides is 1. The zero-order chi connectivity index (χ0) is 24.7. The Morgan fingerprint density at radius 1 is 1.32 bits per heavy atom. The molecule has 0 aliphatic rings. The fourth-order valence-electron chi connectivity index (χ4n) is 3.14. The number of nitro groups is 1. The summed E-state index contributed by atoms with van der Waals surface area (Å²) in [5.74, 6) is 0.354. The molecule has 3 rings (SSSR count). The van der Waals surface area contributed by atoms with Crippen LogP contribution in [0.2, 0.25) is 0 Å². The predicted octanol–water partition coefficient (Wildman–Crippen LogP) is 3.41. The van der Waals surface area contributed by atoms with E-state index in [1.54, 1.807) is 38.1 Å². The van der Waals surface area contributed by atoms with Crippen LogP contribution in [0.5, 0.6) is 5.88 Å². The van der Waals surface area contributed by atoms with Crippen LogP contribution < -0.4 is 10.2 Å². The summed E-state index contributed by atoms with van der Waals surface area (Å²) in [5.41, 5.74) is 5.13. The molecule has 1 N–H and O–H groups in total. The van der Waals surface area contributed by atoms with E-state index in [0.29, 0.717) is 33.9 Å². The number of hydrogen-bond acceptors (Lipinski definition) is 9. The van der Waals surface area contributed by atoms with Crippen LogP contribution in [0.1, 0.15) is 28.1 Å². The van der Waals surface area contributed by atoms with Gasteiger partial charge in [-0.25, -0.2) is 10.4 Å². The lowest BCUT2D eigenvalue weighted by atomic mass is 10.1. The van der Waals surface area contributed by atoms with Crippen molar-refractivity contribution >= 4 is 17.8 Å². The molecule has 0 bridgehead atoms. The number of carbonyl (C=O) groups excluding carboxylic acids is 1. The smallest absolute Gasteiger partial charge is 0.278 e. The number of furan rings is 1. The summed E-state index contributed by atoms with van der Waals surface area (Å²) in [6, 6.07) is 11.6. The average Bonchev–Trinajstić information content (AvgIpc) is 3.26. The molecule has 0 atom stereocenters. The van der Waals surface area contributed by atoms with Crippen molar-refractivity contribution in [3.8, 4) is 23.3 Å². The third-order valence-corrected chi connectivity index (χ3v) is 4.64. The SMILES string of the molecule is COCc1cc(C)nc(OCC(=O)NN=Cc2ccc(-c3ccc([N+](=O)[O-])cc3C)o2)c1C#N. The summed E-state index contributed by atoms with van der Waals surface area (Å²) < 4.78 is 16.2. The Morgan fingerprint density at radius 2 is 2.12 bits per heavy atom. The number of pyridine rings is 1. The fourth-order valence-corrected chi connectivity index (χ4v) is 3.14. The van der Waals surface area contributed by atoms with Crippen LogP contribution in [0.15, 0.2) is 45.9 Å². The molecule has 3 aromatic rings. The van der Waals surface area contributed by atoms with Crippen molar-refractivity contribution in [3.63, 3.8) is 0 Å². The van der Waals surface area contributed by atoms with Gasteiger partial charge in [-0.2, -0.15) is 10.4 Å². The molecule has 0 aliphatic carbocycles. The van der Waals surface area contributed by atoms with E-state index in [9.17, 15) is 20.2 Å². The highest BCUT2D eigenvalue weighted by Gasteiger charge is 2.15. The molecular weight excluding hydrogens is 442 g/mol. The van der Waals surface area contributed by atoms with Gasteiger partial charge in [0.1, 0.15) is 23.2 Å². The van der Waals surface area contributed by atoms with E-state index in [1.807, 2.05) is 6.07 Å². The first-order chi connectivity index (χ1) is 16.3. The molecule has 1 aromatic carbocycles. The molecule has 0 fully saturated rings. The number of nitrogens with one attached hydrogen (secondary N) is 1. The van der Waals surface area contributed by atoms with Gasteiger partial charge in [0, 0.05) is 36.1 Å². The maximum absolute atomic E-state index is 12.1. The first-order valence-corrected chi connectivity index (χ1v) is 10.0. The Bertz CT molecular complexity index is 1290. The van der Waals surface area contributed by atoms with E-state index in [2.05, 4.69) is 15.5 Å². The topological polar surface area (TPSA) is 153 Å². The van der Waals surface area contributed by atoms with Crippen LogP contribution in [-0.2, 0) is 16.1 Å². The Morgan fingerprint density at radius 3 is 2.79 bits per heavy atom. The second-order valence-corrected chi connectivity index (χ2v) is 7.19. The van der Waals surface area contributed by atoms with Crippen molar-refractivity contribution in [2.75, 3.05) is 13.7 Å². The van der Waals surface area contributed by atoms with E-state index in [1.165, 1.54) is 25.5 Å². The predicted molar refractivity (Wildman–Crippen MR) is 121 cm³/mol.